The minimum absolute atomic E-state index is 0.0117. The molecule has 3 N–H and O–H groups in total. The van der Waals surface area contributed by atoms with E-state index in [9.17, 15) is 4.79 Å². The van der Waals surface area contributed by atoms with Gasteiger partial charge in [0.05, 0.1) is 0 Å². The second-order valence-electron chi connectivity index (χ2n) is 1.75. The van der Waals surface area contributed by atoms with Crippen molar-refractivity contribution in [1.82, 2.24) is 4.98 Å². The van der Waals surface area contributed by atoms with Gasteiger partial charge in [0.2, 0.25) is 0 Å². The van der Waals surface area contributed by atoms with Crippen LogP contribution in [-0.2, 0) is 0 Å². The molecule has 7 heteroatoms. The first-order valence-electron chi connectivity index (χ1n) is 2.66. The summed E-state index contributed by atoms with van der Waals surface area (Å²) in [5, 5.41) is 26.7. The van der Waals surface area contributed by atoms with Crippen molar-refractivity contribution in [3.05, 3.63) is 11.1 Å². The molecule has 0 spiro atoms. The molecule has 0 radical (unpaired) electrons. The van der Waals surface area contributed by atoms with Gasteiger partial charge in [-0.2, -0.15) is 0 Å². The van der Waals surface area contributed by atoms with Gasteiger partial charge in [0.1, 0.15) is 4.91 Å². The topological polar surface area (TPSA) is 90.7 Å². The fourth-order valence-electron chi connectivity index (χ4n) is 0.504. The Hall–Kier alpha value is -0.915. The van der Waals surface area contributed by atoms with Gasteiger partial charge in [-0.15, -0.1) is 11.3 Å². The zero-order chi connectivity index (χ0) is 8.43. The van der Waals surface area contributed by atoms with E-state index in [4.69, 9.17) is 15.2 Å². The van der Waals surface area contributed by atoms with Gasteiger partial charge in [-0.1, -0.05) is 0 Å². The SMILES string of the molecule is O=C(O)c1csc(B(O)O)n1. The van der Waals surface area contributed by atoms with E-state index in [-0.39, 0.29) is 10.6 Å². The Morgan fingerprint density at radius 2 is 2.27 bits per heavy atom. The van der Waals surface area contributed by atoms with Crippen molar-refractivity contribution in [2.45, 2.75) is 0 Å². The molecule has 0 aliphatic rings. The summed E-state index contributed by atoms with van der Waals surface area (Å²) in [6.45, 7) is 0. The minimum atomic E-state index is -1.69. The number of rotatable bonds is 2. The standard InChI is InChI=1S/C4H4BNO4S/c7-3(8)2-1-11-4(6-2)5(9)10/h1,9-10H,(H,7,8). The molecule has 1 aromatic rings. The highest BCUT2D eigenvalue weighted by molar-refractivity contribution is 7.20. The van der Waals surface area contributed by atoms with E-state index >= 15 is 0 Å². The Balaban J connectivity index is 2.90. The van der Waals surface area contributed by atoms with E-state index in [0.29, 0.717) is 0 Å². The number of thiazole rings is 1. The molecular weight excluding hydrogens is 169 g/mol. The quantitative estimate of drug-likeness (QED) is 0.474. The molecular formula is C4H4BNO4S. The van der Waals surface area contributed by atoms with Crippen molar-refractivity contribution in [3.63, 3.8) is 0 Å². The Morgan fingerprint density at radius 3 is 2.55 bits per heavy atom. The van der Waals surface area contributed by atoms with Crippen LogP contribution in [0.25, 0.3) is 0 Å². The first kappa shape index (κ1) is 8.18. The zero-order valence-electron chi connectivity index (χ0n) is 5.26. The monoisotopic (exact) mass is 173 g/mol. The number of aromatic carboxylic acids is 1. The van der Waals surface area contributed by atoms with E-state index < -0.39 is 13.1 Å². The maximum Gasteiger partial charge on any atom is 0.519 e. The first-order chi connectivity index (χ1) is 5.11. The van der Waals surface area contributed by atoms with E-state index in [1.165, 1.54) is 5.38 Å². The molecule has 0 bridgehead atoms. The number of carbonyl (C=O) groups is 1. The van der Waals surface area contributed by atoms with Gasteiger partial charge >= 0.3 is 13.1 Å². The predicted molar refractivity (Wildman–Crippen MR) is 38.9 cm³/mol. The van der Waals surface area contributed by atoms with Crippen molar-refractivity contribution in [3.8, 4) is 0 Å². The summed E-state index contributed by atoms with van der Waals surface area (Å²) in [5.41, 5.74) is -0.168. The van der Waals surface area contributed by atoms with Gasteiger partial charge in [-0.25, -0.2) is 9.78 Å². The average molecular weight is 173 g/mol. The third kappa shape index (κ3) is 1.76. The molecule has 0 atom stereocenters. The molecule has 0 unspecified atom stereocenters. The molecule has 1 rings (SSSR count). The summed E-state index contributed by atoms with van der Waals surface area (Å²) in [7, 11) is -1.69. The molecule has 11 heavy (non-hydrogen) atoms. The van der Waals surface area contributed by atoms with Crippen LogP contribution in [0.5, 0.6) is 0 Å². The number of nitrogens with zero attached hydrogens (tertiary/aromatic N) is 1. The van der Waals surface area contributed by atoms with Crippen LogP contribution < -0.4 is 4.91 Å². The lowest BCUT2D eigenvalue weighted by Crippen LogP contribution is -2.29. The molecule has 0 aliphatic carbocycles. The first-order valence-corrected chi connectivity index (χ1v) is 3.54. The molecule has 0 saturated carbocycles. The second kappa shape index (κ2) is 2.99. The molecule has 1 aromatic heterocycles. The Bertz CT molecular complexity index is 273. The maximum absolute atomic E-state index is 10.2. The summed E-state index contributed by atoms with van der Waals surface area (Å²) in [6.07, 6.45) is 0. The lowest BCUT2D eigenvalue weighted by molar-refractivity contribution is 0.0691. The smallest absolute Gasteiger partial charge is 0.476 e. The fraction of sp³-hybridized carbons (Fsp3) is 0. The van der Waals surface area contributed by atoms with Crippen molar-refractivity contribution in [1.29, 1.82) is 0 Å². The van der Waals surface area contributed by atoms with Crippen LogP contribution in [0.1, 0.15) is 10.5 Å². The molecule has 0 saturated heterocycles. The van der Waals surface area contributed by atoms with Gasteiger partial charge < -0.3 is 15.2 Å². The predicted octanol–water partition coefficient (Wildman–Crippen LogP) is -1.48. The number of carboxylic acid groups (broad SMARTS) is 1. The van der Waals surface area contributed by atoms with Gasteiger partial charge in [0.25, 0.3) is 0 Å². The zero-order valence-corrected chi connectivity index (χ0v) is 6.08. The number of hydrogen-bond acceptors (Lipinski definition) is 5. The third-order valence-corrected chi connectivity index (χ3v) is 1.85. The van der Waals surface area contributed by atoms with E-state index in [1.54, 1.807) is 0 Å². The highest BCUT2D eigenvalue weighted by atomic mass is 32.1. The minimum Gasteiger partial charge on any atom is -0.476 e. The lowest BCUT2D eigenvalue weighted by atomic mass is 9.94. The van der Waals surface area contributed by atoms with Crippen LogP contribution in [0.3, 0.4) is 0 Å². The summed E-state index contributed by atoms with van der Waals surface area (Å²) in [6, 6.07) is 0. The Labute approximate surface area is 66.1 Å². The van der Waals surface area contributed by atoms with Crippen molar-refractivity contribution >= 4 is 29.3 Å². The molecule has 5 nitrogen and oxygen atoms in total. The number of hydrogen-bond donors (Lipinski definition) is 3. The second-order valence-corrected chi connectivity index (χ2v) is 2.64. The van der Waals surface area contributed by atoms with E-state index in [2.05, 4.69) is 4.98 Å². The number of aromatic nitrogens is 1. The molecule has 58 valence electrons. The van der Waals surface area contributed by atoms with Gasteiger partial charge in [-0.3, -0.25) is 0 Å². The maximum atomic E-state index is 10.2. The molecule has 0 aromatic carbocycles. The van der Waals surface area contributed by atoms with Crippen LogP contribution in [0, 0.1) is 0 Å². The molecule has 1 heterocycles. The molecule has 0 amide bonds. The summed E-state index contributed by atoms with van der Waals surface area (Å²) in [4.78, 5) is 13.6. The van der Waals surface area contributed by atoms with Crippen LogP contribution in [0.15, 0.2) is 5.38 Å². The van der Waals surface area contributed by atoms with Crippen LogP contribution in [0.2, 0.25) is 0 Å². The van der Waals surface area contributed by atoms with Gasteiger partial charge in [-0.05, 0) is 0 Å². The van der Waals surface area contributed by atoms with Crippen molar-refractivity contribution in [2.75, 3.05) is 0 Å². The Kier molecular flexibility index (Phi) is 2.23. The van der Waals surface area contributed by atoms with Crippen LogP contribution >= 0.6 is 11.3 Å². The Morgan fingerprint density at radius 1 is 1.64 bits per heavy atom. The van der Waals surface area contributed by atoms with Gasteiger partial charge in [0.15, 0.2) is 5.69 Å². The van der Waals surface area contributed by atoms with Crippen molar-refractivity contribution in [2.24, 2.45) is 0 Å². The average Bonchev–Trinajstić information content (AvgIpc) is 2.33. The lowest BCUT2D eigenvalue weighted by Gasteiger charge is -1.87. The summed E-state index contributed by atoms with van der Waals surface area (Å²) >= 11 is 0.894. The normalized spacial score (nSPS) is 9.64. The highest BCUT2D eigenvalue weighted by Crippen LogP contribution is 1.98. The number of carboxylic acids is 1. The molecule has 0 fully saturated rings. The van der Waals surface area contributed by atoms with E-state index in [1.807, 2.05) is 0 Å². The van der Waals surface area contributed by atoms with Gasteiger partial charge in [0, 0.05) is 5.38 Å². The van der Waals surface area contributed by atoms with Crippen molar-refractivity contribution < 1.29 is 19.9 Å². The summed E-state index contributed by atoms with van der Waals surface area (Å²) < 4.78 is 0. The largest absolute Gasteiger partial charge is 0.519 e. The highest BCUT2D eigenvalue weighted by Gasteiger charge is 2.17. The fourth-order valence-corrected chi connectivity index (χ4v) is 1.16. The molecule has 0 aliphatic heterocycles. The van der Waals surface area contributed by atoms with E-state index in [0.717, 1.165) is 11.3 Å². The summed E-state index contributed by atoms with van der Waals surface area (Å²) in [5.74, 6) is -1.17. The van der Waals surface area contributed by atoms with Crippen LogP contribution in [-0.4, -0.2) is 33.2 Å². The van der Waals surface area contributed by atoms with Crippen LogP contribution in [0.4, 0.5) is 0 Å². The third-order valence-electron chi connectivity index (χ3n) is 0.962.